The number of hydrogen-bond acceptors (Lipinski definition) is 3. The molecule has 1 aliphatic carbocycles. The zero-order valence-electron chi connectivity index (χ0n) is 13.4. The Morgan fingerprint density at radius 2 is 1.86 bits per heavy atom. The molecule has 1 aliphatic rings. The normalized spacial score (nSPS) is 16.5. The second-order valence-electron chi connectivity index (χ2n) is 7.01. The van der Waals surface area contributed by atoms with Crippen molar-refractivity contribution in [1.82, 2.24) is 5.32 Å². The van der Waals surface area contributed by atoms with E-state index in [0.29, 0.717) is 11.3 Å². The molecule has 0 aliphatic heterocycles. The van der Waals surface area contributed by atoms with Gasteiger partial charge >= 0.3 is 0 Å². The average molecular weight is 304 g/mol. The van der Waals surface area contributed by atoms with Gasteiger partial charge in [-0.1, -0.05) is 32.9 Å². The molecular formula is C17H24N2O3. The van der Waals surface area contributed by atoms with E-state index in [0.717, 1.165) is 19.3 Å². The summed E-state index contributed by atoms with van der Waals surface area (Å²) < 4.78 is 0. The van der Waals surface area contributed by atoms with E-state index < -0.39 is 11.0 Å². The van der Waals surface area contributed by atoms with E-state index in [4.69, 9.17) is 0 Å². The minimum Gasteiger partial charge on any atom is -0.388 e. The summed E-state index contributed by atoms with van der Waals surface area (Å²) in [5, 5.41) is 15.6. The average Bonchev–Trinajstić information content (AvgIpc) is 2.42. The van der Waals surface area contributed by atoms with Crippen molar-refractivity contribution in [1.29, 1.82) is 0 Å². The molecule has 0 heterocycles. The first-order valence-electron chi connectivity index (χ1n) is 7.62. The van der Waals surface area contributed by atoms with E-state index in [1.54, 1.807) is 24.3 Å². The fourth-order valence-electron chi connectivity index (χ4n) is 2.20. The van der Waals surface area contributed by atoms with Crippen molar-refractivity contribution in [3.8, 4) is 0 Å². The Morgan fingerprint density at radius 1 is 1.23 bits per heavy atom. The highest BCUT2D eigenvalue weighted by atomic mass is 16.3. The number of nitrogens with one attached hydrogen (secondary N) is 2. The molecule has 3 N–H and O–H groups in total. The van der Waals surface area contributed by atoms with Crippen LogP contribution in [0.2, 0.25) is 0 Å². The maximum absolute atomic E-state index is 12.3. The molecule has 1 fully saturated rings. The van der Waals surface area contributed by atoms with E-state index in [2.05, 4.69) is 10.6 Å². The van der Waals surface area contributed by atoms with Gasteiger partial charge in [-0.25, -0.2) is 0 Å². The number of anilines is 1. The first-order chi connectivity index (χ1) is 10.2. The molecule has 1 aromatic rings. The predicted octanol–water partition coefficient (Wildman–Crippen LogP) is 2.32. The van der Waals surface area contributed by atoms with Crippen molar-refractivity contribution < 1.29 is 14.7 Å². The van der Waals surface area contributed by atoms with Crippen LogP contribution in [0.4, 0.5) is 5.69 Å². The van der Waals surface area contributed by atoms with Crippen molar-refractivity contribution in [2.75, 3.05) is 11.9 Å². The van der Waals surface area contributed by atoms with Crippen LogP contribution < -0.4 is 10.6 Å². The number of carbonyl (C=O) groups excluding carboxylic acids is 2. The van der Waals surface area contributed by atoms with Gasteiger partial charge in [0.1, 0.15) is 0 Å². The third-order valence-corrected chi connectivity index (χ3v) is 3.96. The summed E-state index contributed by atoms with van der Waals surface area (Å²) in [4.78, 5) is 24.4. The van der Waals surface area contributed by atoms with Crippen molar-refractivity contribution >= 4 is 17.5 Å². The summed E-state index contributed by atoms with van der Waals surface area (Å²) in [5.74, 6) is -0.435. The molecule has 0 aromatic heterocycles. The highest BCUT2D eigenvalue weighted by Gasteiger charge is 2.34. The smallest absolute Gasteiger partial charge is 0.253 e. The molecule has 1 saturated carbocycles. The number of para-hydroxylation sites is 1. The van der Waals surface area contributed by atoms with Crippen molar-refractivity contribution in [2.45, 2.75) is 45.6 Å². The van der Waals surface area contributed by atoms with Crippen LogP contribution in [0.1, 0.15) is 50.4 Å². The van der Waals surface area contributed by atoms with E-state index in [9.17, 15) is 14.7 Å². The van der Waals surface area contributed by atoms with Crippen LogP contribution in [0.15, 0.2) is 24.3 Å². The molecule has 0 saturated heterocycles. The van der Waals surface area contributed by atoms with Crippen molar-refractivity contribution in [3.05, 3.63) is 29.8 Å². The Bertz CT molecular complexity index is 572. The predicted molar refractivity (Wildman–Crippen MR) is 85.7 cm³/mol. The zero-order chi connectivity index (χ0) is 16.4. The van der Waals surface area contributed by atoms with Gasteiger partial charge in [-0.2, -0.15) is 0 Å². The molecule has 0 spiro atoms. The number of aliphatic hydroxyl groups is 1. The Hall–Kier alpha value is -1.88. The van der Waals surface area contributed by atoms with Crippen LogP contribution in [-0.2, 0) is 4.79 Å². The molecular weight excluding hydrogens is 280 g/mol. The molecule has 5 heteroatoms. The van der Waals surface area contributed by atoms with Crippen molar-refractivity contribution in [3.63, 3.8) is 0 Å². The molecule has 2 amide bonds. The van der Waals surface area contributed by atoms with Crippen LogP contribution in [0.25, 0.3) is 0 Å². The summed E-state index contributed by atoms with van der Waals surface area (Å²) in [6, 6.07) is 6.89. The molecule has 0 unspecified atom stereocenters. The van der Waals surface area contributed by atoms with E-state index in [1.165, 1.54) is 0 Å². The van der Waals surface area contributed by atoms with Crippen LogP contribution in [0.3, 0.4) is 0 Å². The van der Waals surface area contributed by atoms with Gasteiger partial charge in [-0.15, -0.1) is 0 Å². The van der Waals surface area contributed by atoms with Gasteiger partial charge in [0, 0.05) is 12.0 Å². The highest BCUT2D eigenvalue weighted by Crippen LogP contribution is 2.30. The summed E-state index contributed by atoms with van der Waals surface area (Å²) >= 11 is 0. The van der Waals surface area contributed by atoms with Crippen LogP contribution in [-0.4, -0.2) is 29.1 Å². The van der Waals surface area contributed by atoms with Gasteiger partial charge in [0.25, 0.3) is 5.91 Å². The Balaban J connectivity index is 2.07. The van der Waals surface area contributed by atoms with Crippen LogP contribution in [0.5, 0.6) is 0 Å². The first-order valence-corrected chi connectivity index (χ1v) is 7.62. The molecule has 5 nitrogen and oxygen atoms in total. The molecule has 1 aromatic carbocycles. The number of carbonyl (C=O) groups is 2. The third-order valence-electron chi connectivity index (χ3n) is 3.96. The molecule has 0 bridgehead atoms. The van der Waals surface area contributed by atoms with Crippen molar-refractivity contribution in [2.24, 2.45) is 5.41 Å². The van der Waals surface area contributed by atoms with Crippen LogP contribution >= 0.6 is 0 Å². The van der Waals surface area contributed by atoms with Gasteiger partial charge in [0.2, 0.25) is 5.91 Å². The number of benzene rings is 1. The summed E-state index contributed by atoms with van der Waals surface area (Å²) in [7, 11) is 0. The number of amides is 2. The Kier molecular flexibility index (Phi) is 4.56. The Labute approximate surface area is 131 Å². The zero-order valence-corrected chi connectivity index (χ0v) is 13.4. The second-order valence-corrected chi connectivity index (χ2v) is 7.01. The van der Waals surface area contributed by atoms with Gasteiger partial charge < -0.3 is 15.7 Å². The lowest BCUT2D eigenvalue weighted by molar-refractivity contribution is -0.123. The lowest BCUT2D eigenvalue weighted by Gasteiger charge is -2.36. The van der Waals surface area contributed by atoms with E-state index in [1.807, 2.05) is 20.8 Å². The number of rotatable bonds is 4. The molecule has 22 heavy (non-hydrogen) atoms. The summed E-state index contributed by atoms with van der Waals surface area (Å²) in [6.07, 6.45) is 2.43. The van der Waals surface area contributed by atoms with Gasteiger partial charge in [-0.05, 0) is 31.4 Å². The van der Waals surface area contributed by atoms with E-state index >= 15 is 0 Å². The minimum atomic E-state index is -0.765. The maximum atomic E-state index is 12.3. The minimum absolute atomic E-state index is 0.148. The molecule has 0 atom stereocenters. The monoisotopic (exact) mass is 304 g/mol. The molecule has 0 radical (unpaired) electrons. The summed E-state index contributed by atoms with van der Waals surface area (Å²) in [5.41, 5.74) is -0.409. The largest absolute Gasteiger partial charge is 0.388 e. The van der Waals surface area contributed by atoms with E-state index in [-0.39, 0.29) is 18.4 Å². The van der Waals surface area contributed by atoms with Gasteiger partial charge in [-0.3, -0.25) is 9.59 Å². The molecule has 2 rings (SSSR count). The SMILES string of the molecule is CC(C)(C)C(=O)Nc1ccccc1C(=O)NCC1(O)CCC1. The Morgan fingerprint density at radius 3 is 2.41 bits per heavy atom. The topological polar surface area (TPSA) is 78.4 Å². The lowest BCUT2D eigenvalue weighted by atomic mass is 9.80. The third kappa shape index (κ3) is 3.85. The maximum Gasteiger partial charge on any atom is 0.253 e. The van der Waals surface area contributed by atoms with Gasteiger partial charge in [0.05, 0.1) is 16.9 Å². The highest BCUT2D eigenvalue weighted by molar-refractivity contribution is 6.04. The number of hydrogen-bond donors (Lipinski definition) is 3. The molecule has 120 valence electrons. The second kappa shape index (κ2) is 6.08. The van der Waals surface area contributed by atoms with Crippen LogP contribution in [0, 0.1) is 5.41 Å². The van der Waals surface area contributed by atoms with Gasteiger partial charge in [0.15, 0.2) is 0 Å². The first kappa shape index (κ1) is 16.5. The fraction of sp³-hybridized carbons (Fsp3) is 0.529. The summed E-state index contributed by atoms with van der Waals surface area (Å²) in [6.45, 7) is 5.69. The standard InChI is InChI=1S/C17H24N2O3/c1-16(2,3)15(21)19-13-8-5-4-7-12(13)14(20)18-11-17(22)9-6-10-17/h4-5,7-8,22H,6,9-11H2,1-3H3,(H,18,20)(H,19,21). The fourth-order valence-corrected chi connectivity index (χ4v) is 2.20. The quantitative estimate of drug-likeness (QED) is 0.799. The lowest BCUT2D eigenvalue weighted by Crippen LogP contribution is -2.47.